The van der Waals surface area contributed by atoms with Gasteiger partial charge in [-0.25, -0.2) is 0 Å². The number of nitrogens with zero attached hydrogens (tertiary/aromatic N) is 1. The average Bonchev–Trinajstić information content (AvgIpc) is 2.70. The van der Waals surface area contributed by atoms with Gasteiger partial charge in [-0.3, -0.25) is 9.78 Å². The Balaban J connectivity index is 2.01. The number of ketones is 1. The molecule has 15 heavy (non-hydrogen) atoms. The zero-order chi connectivity index (χ0) is 10.7. The molecule has 1 aliphatic heterocycles. The largest absolute Gasteiger partial charge is 0.314 e. The van der Waals surface area contributed by atoms with E-state index in [4.69, 9.17) is 0 Å². The van der Waals surface area contributed by atoms with Crippen molar-refractivity contribution in [3.63, 3.8) is 0 Å². The maximum atomic E-state index is 11.9. The predicted octanol–water partition coefficient (Wildman–Crippen LogP) is 2.17. The Bertz CT molecular complexity index is 361. The van der Waals surface area contributed by atoms with Crippen molar-refractivity contribution in [1.82, 2.24) is 10.3 Å². The van der Waals surface area contributed by atoms with Gasteiger partial charge in [0.25, 0.3) is 0 Å². The Morgan fingerprint density at radius 2 is 2.47 bits per heavy atom. The van der Waals surface area contributed by atoms with Gasteiger partial charge >= 0.3 is 0 Å². The van der Waals surface area contributed by atoms with Crippen LogP contribution in [0.2, 0.25) is 0 Å². The van der Waals surface area contributed by atoms with E-state index in [1.54, 1.807) is 12.4 Å². The van der Waals surface area contributed by atoms with Crippen molar-refractivity contribution in [2.24, 2.45) is 0 Å². The molecule has 4 heteroatoms. The summed E-state index contributed by atoms with van der Waals surface area (Å²) in [7, 11) is 0. The van der Waals surface area contributed by atoms with E-state index in [2.05, 4.69) is 26.2 Å². The molecule has 0 bridgehead atoms. The van der Waals surface area contributed by atoms with Gasteiger partial charge in [-0.05, 0) is 41.4 Å². The van der Waals surface area contributed by atoms with Crippen molar-refractivity contribution in [3.05, 3.63) is 28.5 Å². The van der Waals surface area contributed by atoms with E-state index in [1.807, 2.05) is 6.07 Å². The molecule has 1 N–H and O–H groups in total. The second kappa shape index (κ2) is 4.86. The molecule has 1 atom stereocenters. The molecule has 0 saturated carbocycles. The molecule has 0 amide bonds. The number of nitrogens with one attached hydrogen (secondary N) is 1. The van der Waals surface area contributed by atoms with Crippen LogP contribution in [-0.4, -0.2) is 23.4 Å². The maximum absolute atomic E-state index is 11.9. The molecule has 0 aromatic carbocycles. The van der Waals surface area contributed by atoms with E-state index >= 15 is 0 Å². The SMILES string of the molecule is O=C(CC1CCCN1)c1cncc(Br)c1. The number of hydrogen-bond acceptors (Lipinski definition) is 3. The van der Waals surface area contributed by atoms with E-state index in [9.17, 15) is 4.79 Å². The smallest absolute Gasteiger partial charge is 0.166 e. The summed E-state index contributed by atoms with van der Waals surface area (Å²) in [6.45, 7) is 1.04. The summed E-state index contributed by atoms with van der Waals surface area (Å²) in [5.41, 5.74) is 0.693. The van der Waals surface area contributed by atoms with Gasteiger partial charge in [0.1, 0.15) is 0 Å². The van der Waals surface area contributed by atoms with E-state index in [0.29, 0.717) is 18.0 Å². The van der Waals surface area contributed by atoms with Gasteiger partial charge in [-0.2, -0.15) is 0 Å². The lowest BCUT2D eigenvalue weighted by Crippen LogP contribution is -2.24. The molecule has 1 aliphatic rings. The molecule has 1 aromatic rings. The molecular formula is C11H13BrN2O. The first-order valence-electron chi connectivity index (χ1n) is 5.13. The molecule has 2 rings (SSSR count). The topological polar surface area (TPSA) is 42.0 Å². The third-order valence-electron chi connectivity index (χ3n) is 2.62. The molecule has 1 unspecified atom stereocenters. The van der Waals surface area contributed by atoms with Crippen LogP contribution in [0.4, 0.5) is 0 Å². The Morgan fingerprint density at radius 1 is 1.60 bits per heavy atom. The molecular weight excluding hydrogens is 256 g/mol. The number of carbonyl (C=O) groups is 1. The summed E-state index contributed by atoms with van der Waals surface area (Å²) in [6, 6.07) is 2.18. The molecule has 1 saturated heterocycles. The quantitative estimate of drug-likeness (QED) is 0.855. The molecule has 80 valence electrons. The summed E-state index contributed by atoms with van der Waals surface area (Å²) >= 11 is 3.31. The molecule has 3 nitrogen and oxygen atoms in total. The molecule has 0 spiro atoms. The van der Waals surface area contributed by atoms with Crippen LogP contribution in [-0.2, 0) is 0 Å². The standard InChI is InChI=1S/C11H13BrN2O/c12-9-4-8(6-13-7-9)11(15)5-10-2-1-3-14-10/h4,6-7,10,14H,1-3,5H2. The molecule has 2 heterocycles. The highest BCUT2D eigenvalue weighted by molar-refractivity contribution is 9.10. The fourth-order valence-corrected chi connectivity index (χ4v) is 2.20. The zero-order valence-corrected chi connectivity index (χ0v) is 9.96. The van der Waals surface area contributed by atoms with Crippen LogP contribution in [0.1, 0.15) is 29.6 Å². The van der Waals surface area contributed by atoms with Crippen LogP contribution < -0.4 is 5.32 Å². The number of rotatable bonds is 3. The molecule has 0 aliphatic carbocycles. The highest BCUT2D eigenvalue weighted by atomic mass is 79.9. The average molecular weight is 269 g/mol. The Hall–Kier alpha value is -0.740. The van der Waals surface area contributed by atoms with Crippen LogP contribution in [0, 0.1) is 0 Å². The van der Waals surface area contributed by atoms with E-state index < -0.39 is 0 Å². The van der Waals surface area contributed by atoms with Crippen LogP contribution in [0.15, 0.2) is 22.9 Å². The van der Waals surface area contributed by atoms with E-state index in [0.717, 1.165) is 17.4 Å². The lowest BCUT2D eigenvalue weighted by atomic mass is 10.0. The van der Waals surface area contributed by atoms with Crippen molar-refractivity contribution in [3.8, 4) is 0 Å². The zero-order valence-electron chi connectivity index (χ0n) is 8.37. The summed E-state index contributed by atoms with van der Waals surface area (Å²) in [5, 5.41) is 3.32. The van der Waals surface area contributed by atoms with Gasteiger partial charge < -0.3 is 5.32 Å². The first-order chi connectivity index (χ1) is 7.25. The number of halogens is 1. The van der Waals surface area contributed by atoms with Crippen molar-refractivity contribution in [1.29, 1.82) is 0 Å². The van der Waals surface area contributed by atoms with E-state index in [-0.39, 0.29) is 5.78 Å². The summed E-state index contributed by atoms with van der Waals surface area (Å²) in [5.74, 6) is 0.170. The minimum Gasteiger partial charge on any atom is -0.314 e. The lowest BCUT2D eigenvalue weighted by molar-refractivity contribution is 0.0971. The van der Waals surface area contributed by atoms with Crippen LogP contribution in [0.5, 0.6) is 0 Å². The second-order valence-corrected chi connectivity index (χ2v) is 4.73. The third kappa shape index (κ3) is 2.86. The molecule has 1 fully saturated rings. The number of hydrogen-bond donors (Lipinski definition) is 1. The number of Topliss-reactive ketones (excluding diaryl/α,β-unsaturated/α-hetero) is 1. The Morgan fingerprint density at radius 3 is 3.13 bits per heavy atom. The van der Waals surface area contributed by atoms with Gasteiger partial charge in [0.2, 0.25) is 0 Å². The first-order valence-corrected chi connectivity index (χ1v) is 5.92. The number of aromatic nitrogens is 1. The van der Waals surface area contributed by atoms with Crippen LogP contribution in [0.25, 0.3) is 0 Å². The fraction of sp³-hybridized carbons (Fsp3) is 0.455. The Labute approximate surface area is 97.4 Å². The molecule has 1 aromatic heterocycles. The van der Waals surface area contributed by atoms with Gasteiger partial charge in [0.15, 0.2) is 5.78 Å². The van der Waals surface area contributed by atoms with Gasteiger partial charge in [-0.15, -0.1) is 0 Å². The highest BCUT2D eigenvalue weighted by Crippen LogP contribution is 2.15. The summed E-state index contributed by atoms with van der Waals surface area (Å²) in [4.78, 5) is 15.8. The first kappa shape index (κ1) is 10.8. The summed E-state index contributed by atoms with van der Waals surface area (Å²) in [6.07, 6.45) is 6.17. The normalized spacial score (nSPS) is 20.5. The van der Waals surface area contributed by atoms with E-state index in [1.165, 1.54) is 6.42 Å². The van der Waals surface area contributed by atoms with Crippen molar-refractivity contribution < 1.29 is 4.79 Å². The minimum atomic E-state index is 0.170. The molecule has 0 radical (unpaired) electrons. The number of pyridine rings is 1. The lowest BCUT2D eigenvalue weighted by Gasteiger charge is -2.08. The van der Waals surface area contributed by atoms with Crippen LogP contribution in [0.3, 0.4) is 0 Å². The van der Waals surface area contributed by atoms with Gasteiger partial charge in [0, 0.05) is 34.9 Å². The van der Waals surface area contributed by atoms with Crippen molar-refractivity contribution in [2.75, 3.05) is 6.54 Å². The second-order valence-electron chi connectivity index (χ2n) is 3.81. The Kier molecular flexibility index (Phi) is 3.49. The summed E-state index contributed by atoms with van der Waals surface area (Å²) < 4.78 is 0.854. The van der Waals surface area contributed by atoms with Crippen molar-refractivity contribution >= 4 is 21.7 Å². The van der Waals surface area contributed by atoms with Crippen LogP contribution >= 0.6 is 15.9 Å². The predicted molar refractivity (Wildman–Crippen MR) is 61.9 cm³/mol. The fourth-order valence-electron chi connectivity index (χ4n) is 1.84. The third-order valence-corrected chi connectivity index (χ3v) is 3.05. The highest BCUT2D eigenvalue weighted by Gasteiger charge is 2.18. The minimum absolute atomic E-state index is 0.170. The van der Waals surface area contributed by atoms with Crippen molar-refractivity contribution in [2.45, 2.75) is 25.3 Å². The van der Waals surface area contributed by atoms with Gasteiger partial charge in [-0.1, -0.05) is 0 Å². The van der Waals surface area contributed by atoms with Gasteiger partial charge in [0.05, 0.1) is 0 Å². The monoisotopic (exact) mass is 268 g/mol. The number of carbonyl (C=O) groups excluding carboxylic acids is 1. The maximum Gasteiger partial charge on any atom is 0.166 e.